The van der Waals surface area contributed by atoms with E-state index in [0.29, 0.717) is 29.8 Å². The first-order valence-corrected chi connectivity index (χ1v) is 10.6. The Morgan fingerprint density at radius 1 is 1.12 bits per heavy atom. The number of rotatable bonds is 8. The summed E-state index contributed by atoms with van der Waals surface area (Å²) in [5.41, 5.74) is 2.15. The number of H-pyrrole nitrogens is 1. The van der Waals surface area contributed by atoms with Crippen molar-refractivity contribution >= 4 is 17.1 Å². The van der Waals surface area contributed by atoms with Gasteiger partial charge in [-0.3, -0.25) is 23.8 Å². The molecule has 0 bridgehead atoms. The Bertz CT molecular complexity index is 1360. The zero-order chi connectivity index (χ0) is 22.7. The largest absolute Gasteiger partial charge is 0.348 e. The third-order valence-corrected chi connectivity index (χ3v) is 5.26. The lowest BCUT2D eigenvalue weighted by atomic mass is 10.1. The molecular weight excluding hydrogens is 410 g/mol. The molecule has 10 heteroatoms. The topological polar surface area (TPSA) is 120 Å². The van der Waals surface area contributed by atoms with E-state index in [1.807, 2.05) is 31.2 Å². The quantitative estimate of drug-likeness (QED) is 0.435. The van der Waals surface area contributed by atoms with E-state index in [2.05, 4.69) is 27.3 Å². The van der Waals surface area contributed by atoms with Crippen molar-refractivity contribution in [1.29, 1.82) is 0 Å². The van der Waals surface area contributed by atoms with Gasteiger partial charge in [0, 0.05) is 25.8 Å². The van der Waals surface area contributed by atoms with Crippen LogP contribution in [-0.2, 0) is 26.2 Å². The van der Waals surface area contributed by atoms with Crippen molar-refractivity contribution in [1.82, 2.24) is 34.2 Å². The Kier molecular flexibility index (Phi) is 6.02. The number of benzene rings is 1. The molecule has 0 unspecified atom stereocenters. The van der Waals surface area contributed by atoms with E-state index in [1.165, 1.54) is 4.57 Å². The van der Waals surface area contributed by atoms with E-state index in [0.717, 1.165) is 24.1 Å². The van der Waals surface area contributed by atoms with E-state index in [9.17, 15) is 14.4 Å². The van der Waals surface area contributed by atoms with Crippen molar-refractivity contribution in [2.45, 2.75) is 46.4 Å². The lowest BCUT2D eigenvalue weighted by molar-refractivity contribution is 0.0951. The van der Waals surface area contributed by atoms with Gasteiger partial charge in [-0.25, -0.2) is 9.78 Å². The van der Waals surface area contributed by atoms with Gasteiger partial charge in [-0.2, -0.15) is 5.10 Å². The smallest absolute Gasteiger partial charge is 0.330 e. The molecule has 0 saturated heterocycles. The minimum absolute atomic E-state index is 0.176. The molecule has 0 radical (unpaired) electrons. The van der Waals surface area contributed by atoms with Crippen LogP contribution in [0.1, 0.15) is 41.8 Å². The van der Waals surface area contributed by atoms with Gasteiger partial charge in [-0.15, -0.1) is 0 Å². The van der Waals surface area contributed by atoms with Crippen LogP contribution in [0, 0.1) is 0 Å². The van der Waals surface area contributed by atoms with Gasteiger partial charge in [0.05, 0.1) is 24.6 Å². The van der Waals surface area contributed by atoms with Gasteiger partial charge in [0.15, 0.2) is 11.2 Å². The standard InChI is InChI=1S/C22H25N7O3/c1-3-9-28-13-17(11-25-28)20(30)23-10-15-5-7-16(8-6-15)12-29-19-18(21(31)26-22(29)32)27(4-2)14-24-19/h5-8,11,13-14H,3-4,9-10,12H2,1-2H3,(H,23,30)(H,26,31,32). The number of amides is 1. The summed E-state index contributed by atoms with van der Waals surface area (Å²) in [6.07, 6.45) is 5.82. The predicted octanol–water partition coefficient (Wildman–Crippen LogP) is 1.49. The zero-order valence-electron chi connectivity index (χ0n) is 18.0. The summed E-state index contributed by atoms with van der Waals surface area (Å²) in [6.45, 7) is 5.97. The minimum Gasteiger partial charge on any atom is -0.348 e. The van der Waals surface area contributed by atoms with Crippen LogP contribution in [0.3, 0.4) is 0 Å². The van der Waals surface area contributed by atoms with Gasteiger partial charge in [0.1, 0.15) is 0 Å². The van der Waals surface area contributed by atoms with Gasteiger partial charge < -0.3 is 9.88 Å². The van der Waals surface area contributed by atoms with Gasteiger partial charge in [-0.1, -0.05) is 31.2 Å². The van der Waals surface area contributed by atoms with Crippen molar-refractivity contribution in [3.05, 3.63) is 80.5 Å². The number of imidazole rings is 1. The fraction of sp³-hybridized carbons (Fsp3) is 0.318. The highest BCUT2D eigenvalue weighted by Gasteiger charge is 2.13. The van der Waals surface area contributed by atoms with Gasteiger partial charge in [0.2, 0.25) is 0 Å². The molecule has 0 saturated carbocycles. The second-order valence-electron chi connectivity index (χ2n) is 7.54. The number of hydrogen-bond donors (Lipinski definition) is 2. The second-order valence-corrected chi connectivity index (χ2v) is 7.54. The van der Waals surface area contributed by atoms with Crippen LogP contribution < -0.4 is 16.6 Å². The van der Waals surface area contributed by atoms with Crippen LogP contribution in [-0.4, -0.2) is 34.8 Å². The molecule has 0 fully saturated rings. The Morgan fingerprint density at radius 3 is 2.59 bits per heavy atom. The molecule has 1 aromatic carbocycles. The summed E-state index contributed by atoms with van der Waals surface area (Å²) in [5.74, 6) is -0.176. The van der Waals surface area contributed by atoms with Crippen LogP contribution in [0.4, 0.5) is 0 Å². The first kappa shape index (κ1) is 21.3. The molecule has 10 nitrogen and oxygen atoms in total. The second kappa shape index (κ2) is 9.04. The Morgan fingerprint density at radius 2 is 1.88 bits per heavy atom. The lowest BCUT2D eigenvalue weighted by Gasteiger charge is -2.09. The van der Waals surface area contributed by atoms with E-state index in [4.69, 9.17) is 0 Å². The van der Waals surface area contributed by atoms with E-state index in [-0.39, 0.29) is 12.5 Å². The number of nitrogens with one attached hydrogen (secondary N) is 2. The first-order valence-electron chi connectivity index (χ1n) is 10.6. The maximum absolute atomic E-state index is 12.4. The third kappa shape index (κ3) is 4.25. The molecular formula is C22H25N7O3. The fourth-order valence-corrected chi connectivity index (χ4v) is 3.57. The van der Waals surface area contributed by atoms with E-state index in [1.54, 1.807) is 28.0 Å². The Labute approximate surface area is 183 Å². The molecule has 0 aliphatic heterocycles. The predicted molar refractivity (Wildman–Crippen MR) is 120 cm³/mol. The van der Waals surface area contributed by atoms with E-state index >= 15 is 0 Å². The maximum atomic E-state index is 12.4. The normalized spacial score (nSPS) is 11.2. The minimum atomic E-state index is -0.496. The Balaban J connectivity index is 1.45. The van der Waals surface area contributed by atoms with Gasteiger partial charge in [0.25, 0.3) is 11.5 Å². The molecule has 4 aromatic rings. The number of carbonyl (C=O) groups is 1. The lowest BCUT2D eigenvalue weighted by Crippen LogP contribution is -2.31. The van der Waals surface area contributed by atoms with Crippen molar-refractivity contribution in [2.24, 2.45) is 0 Å². The highest BCUT2D eigenvalue weighted by molar-refractivity contribution is 5.93. The maximum Gasteiger partial charge on any atom is 0.330 e. The summed E-state index contributed by atoms with van der Waals surface area (Å²) < 4.78 is 4.92. The average Bonchev–Trinajstić information content (AvgIpc) is 3.43. The molecule has 0 atom stereocenters. The summed E-state index contributed by atoms with van der Waals surface area (Å²) >= 11 is 0. The average molecular weight is 435 g/mol. The SMILES string of the molecule is CCCn1cc(C(=O)NCc2ccc(Cn3c(=O)[nH]c(=O)c4c3ncn4CC)cc2)cn1. The van der Waals surface area contributed by atoms with Gasteiger partial charge in [-0.05, 0) is 24.5 Å². The molecule has 3 aromatic heterocycles. The van der Waals surface area contributed by atoms with Crippen LogP contribution >= 0.6 is 0 Å². The van der Waals surface area contributed by atoms with Crippen molar-refractivity contribution < 1.29 is 4.79 Å². The summed E-state index contributed by atoms with van der Waals surface area (Å²) in [4.78, 5) is 43.5. The van der Waals surface area contributed by atoms with Crippen molar-refractivity contribution in [2.75, 3.05) is 0 Å². The van der Waals surface area contributed by atoms with Crippen molar-refractivity contribution in [3.63, 3.8) is 0 Å². The number of nitrogens with zero attached hydrogens (tertiary/aromatic N) is 5. The first-order chi connectivity index (χ1) is 15.5. The van der Waals surface area contributed by atoms with Crippen molar-refractivity contribution in [3.8, 4) is 0 Å². The van der Waals surface area contributed by atoms with E-state index < -0.39 is 11.2 Å². The summed E-state index contributed by atoms with van der Waals surface area (Å²) in [6, 6.07) is 7.57. The highest BCUT2D eigenvalue weighted by atomic mass is 16.2. The molecule has 4 rings (SSSR count). The third-order valence-electron chi connectivity index (χ3n) is 5.26. The summed E-state index contributed by atoms with van der Waals surface area (Å²) in [5, 5.41) is 7.06. The number of hydrogen-bond acceptors (Lipinski definition) is 5. The molecule has 166 valence electrons. The van der Waals surface area contributed by atoms with Crippen LogP contribution in [0.15, 0.2) is 52.6 Å². The Hall–Kier alpha value is -3.95. The molecule has 0 aliphatic carbocycles. The van der Waals surface area contributed by atoms with Crippen LogP contribution in [0.5, 0.6) is 0 Å². The highest BCUT2D eigenvalue weighted by Crippen LogP contribution is 2.10. The molecule has 32 heavy (non-hydrogen) atoms. The molecule has 0 spiro atoms. The molecule has 0 aliphatic rings. The monoisotopic (exact) mass is 435 g/mol. The zero-order valence-corrected chi connectivity index (χ0v) is 18.0. The van der Waals surface area contributed by atoms with Gasteiger partial charge >= 0.3 is 5.69 Å². The van der Waals surface area contributed by atoms with Crippen LogP contribution in [0.25, 0.3) is 11.2 Å². The molecule has 2 N–H and O–H groups in total. The summed E-state index contributed by atoms with van der Waals surface area (Å²) in [7, 11) is 0. The fourth-order valence-electron chi connectivity index (χ4n) is 3.57. The number of carbonyl (C=O) groups excluding carboxylic acids is 1. The molecule has 1 amide bonds. The van der Waals surface area contributed by atoms with Crippen LogP contribution in [0.2, 0.25) is 0 Å². The number of aromatic nitrogens is 6. The molecule has 3 heterocycles. The number of fused-ring (bicyclic) bond motifs is 1. The number of aromatic amines is 1. The number of aryl methyl sites for hydroxylation is 2.